The van der Waals surface area contributed by atoms with Gasteiger partial charge < -0.3 is 10.9 Å². The van der Waals surface area contributed by atoms with Gasteiger partial charge in [0.25, 0.3) is 0 Å². The minimum absolute atomic E-state index is 0.179. The Morgan fingerprint density at radius 2 is 2.00 bits per heavy atom. The molecule has 1 rings (SSSR count). The maximum atomic E-state index is 12.0. The summed E-state index contributed by atoms with van der Waals surface area (Å²) in [5.41, 5.74) is 5.44. The number of hydrogen-bond acceptors (Lipinski definition) is 6. The lowest BCUT2D eigenvalue weighted by atomic mass is 10.0. The molecule has 0 aromatic heterocycles. The van der Waals surface area contributed by atoms with Gasteiger partial charge in [-0.1, -0.05) is 11.6 Å². The summed E-state index contributed by atoms with van der Waals surface area (Å²) >= 11 is 0. The van der Waals surface area contributed by atoms with Crippen molar-refractivity contribution in [3.8, 4) is 0 Å². The van der Waals surface area contributed by atoms with Crippen molar-refractivity contribution in [2.45, 2.75) is 25.3 Å². The Balaban J connectivity index is 3.04. The fourth-order valence-corrected chi connectivity index (χ4v) is 5.65. The maximum Gasteiger partial charge on any atom is 0.229 e. The molecule has 1 unspecified atom stereocenters. The Labute approximate surface area is 106 Å². The number of nitrogens with zero attached hydrogens (tertiary/aromatic N) is 2. The fourth-order valence-electron chi connectivity index (χ4n) is 1.94. The Hall–Kier alpha value is -0.870. The van der Waals surface area contributed by atoms with E-state index in [4.69, 9.17) is 10.9 Å². The van der Waals surface area contributed by atoms with Crippen LogP contribution in [0.15, 0.2) is 5.16 Å². The van der Waals surface area contributed by atoms with Gasteiger partial charge in [-0.15, -0.1) is 0 Å². The number of oxime groups is 1. The first kappa shape index (κ1) is 15.2. The van der Waals surface area contributed by atoms with Crippen LogP contribution in [0.3, 0.4) is 0 Å². The molecule has 1 fully saturated rings. The van der Waals surface area contributed by atoms with Crippen LogP contribution < -0.4 is 5.73 Å². The van der Waals surface area contributed by atoms with Crippen LogP contribution in [0.2, 0.25) is 0 Å². The van der Waals surface area contributed by atoms with E-state index < -0.39 is 31.0 Å². The van der Waals surface area contributed by atoms with Crippen LogP contribution in [0.5, 0.6) is 0 Å². The molecule has 0 radical (unpaired) electrons. The number of hydrogen-bond donors (Lipinski definition) is 2. The Morgan fingerprint density at radius 1 is 1.39 bits per heavy atom. The average Bonchev–Trinajstić information content (AvgIpc) is 2.25. The van der Waals surface area contributed by atoms with E-state index >= 15 is 0 Å². The highest BCUT2D eigenvalue weighted by Gasteiger charge is 2.36. The Bertz CT molecular complexity index is 525. The average molecular weight is 299 g/mol. The van der Waals surface area contributed by atoms with Crippen LogP contribution >= 0.6 is 0 Å². The summed E-state index contributed by atoms with van der Waals surface area (Å²) in [4.78, 5) is 0. The van der Waals surface area contributed by atoms with Crippen LogP contribution in [0.25, 0.3) is 0 Å². The molecule has 1 heterocycles. The van der Waals surface area contributed by atoms with Gasteiger partial charge in [-0.25, -0.2) is 16.8 Å². The molecule has 1 aliphatic heterocycles. The molecule has 0 saturated carbocycles. The largest absolute Gasteiger partial charge is 0.409 e. The van der Waals surface area contributed by atoms with Crippen molar-refractivity contribution in [3.63, 3.8) is 0 Å². The van der Waals surface area contributed by atoms with Gasteiger partial charge in [-0.05, 0) is 12.8 Å². The first-order valence-electron chi connectivity index (χ1n) is 5.32. The quantitative estimate of drug-likeness (QED) is 0.294. The Morgan fingerprint density at radius 3 is 2.50 bits per heavy atom. The second kappa shape index (κ2) is 5.41. The summed E-state index contributed by atoms with van der Waals surface area (Å²) < 4.78 is 47.2. The van der Waals surface area contributed by atoms with Crippen LogP contribution in [0, 0.1) is 0 Å². The molecule has 1 atom stereocenters. The van der Waals surface area contributed by atoms with Gasteiger partial charge >= 0.3 is 0 Å². The van der Waals surface area contributed by atoms with Gasteiger partial charge in [0.1, 0.15) is 0 Å². The molecule has 8 nitrogen and oxygen atoms in total. The third kappa shape index (κ3) is 3.82. The molecular weight excluding hydrogens is 282 g/mol. The monoisotopic (exact) mass is 299 g/mol. The second-order valence-corrected chi connectivity index (χ2v) is 8.73. The molecule has 0 aromatic carbocycles. The molecule has 10 heteroatoms. The van der Waals surface area contributed by atoms with Gasteiger partial charge in [0, 0.05) is 12.8 Å². The van der Waals surface area contributed by atoms with Crippen LogP contribution in [0.1, 0.15) is 19.3 Å². The summed E-state index contributed by atoms with van der Waals surface area (Å²) in [6, 6.07) is -0.768. The van der Waals surface area contributed by atoms with Crippen molar-refractivity contribution < 1.29 is 22.0 Å². The second-order valence-electron chi connectivity index (χ2n) is 4.30. The molecule has 1 aliphatic rings. The predicted molar refractivity (Wildman–Crippen MR) is 66.4 cm³/mol. The van der Waals surface area contributed by atoms with E-state index in [1.54, 1.807) is 0 Å². The summed E-state index contributed by atoms with van der Waals surface area (Å²) in [5, 5.41) is 10.5. The lowest BCUT2D eigenvalue weighted by Crippen LogP contribution is -2.51. The normalized spacial score (nSPS) is 24.1. The van der Waals surface area contributed by atoms with E-state index in [2.05, 4.69) is 5.16 Å². The van der Waals surface area contributed by atoms with Gasteiger partial charge in [0.05, 0.1) is 6.04 Å². The zero-order valence-electron chi connectivity index (χ0n) is 9.98. The SMILES string of the molecule is CS(=O)(=O)CS(=O)(=O)N1CCCCC1C(N)=NO. The number of rotatable bonds is 4. The maximum absolute atomic E-state index is 12.0. The van der Waals surface area contributed by atoms with Crippen molar-refractivity contribution in [1.29, 1.82) is 0 Å². The molecular formula is C8H17N3O5S2. The summed E-state index contributed by atoms with van der Waals surface area (Å²) in [6.45, 7) is 0.179. The van der Waals surface area contributed by atoms with E-state index in [9.17, 15) is 16.8 Å². The summed E-state index contributed by atoms with van der Waals surface area (Å²) in [6.07, 6.45) is 2.63. The van der Waals surface area contributed by atoms with Crippen LogP contribution in [-0.4, -0.2) is 56.1 Å². The zero-order chi connectivity index (χ0) is 14.0. The van der Waals surface area contributed by atoms with Crippen molar-refractivity contribution in [3.05, 3.63) is 0 Å². The van der Waals surface area contributed by atoms with Crippen molar-refractivity contribution in [1.82, 2.24) is 4.31 Å². The van der Waals surface area contributed by atoms with E-state index in [0.29, 0.717) is 12.8 Å². The van der Waals surface area contributed by atoms with Gasteiger partial charge in [-0.2, -0.15) is 4.31 Å². The molecule has 0 spiro atoms. The molecule has 106 valence electrons. The molecule has 0 aliphatic carbocycles. The molecule has 0 bridgehead atoms. The minimum atomic E-state index is -3.97. The summed E-state index contributed by atoms with van der Waals surface area (Å²) in [5.74, 6) is -0.216. The van der Waals surface area contributed by atoms with Crippen molar-refractivity contribution >= 4 is 25.7 Å². The smallest absolute Gasteiger partial charge is 0.229 e. The van der Waals surface area contributed by atoms with Crippen molar-refractivity contribution in [2.24, 2.45) is 10.9 Å². The first-order chi connectivity index (χ1) is 8.17. The van der Waals surface area contributed by atoms with E-state index in [1.165, 1.54) is 0 Å². The first-order valence-corrected chi connectivity index (χ1v) is 8.99. The lowest BCUT2D eigenvalue weighted by Gasteiger charge is -2.33. The number of nitrogens with two attached hydrogens (primary N) is 1. The zero-order valence-corrected chi connectivity index (χ0v) is 11.6. The lowest BCUT2D eigenvalue weighted by molar-refractivity contribution is 0.282. The summed E-state index contributed by atoms with van der Waals surface area (Å²) in [7, 11) is -7.63. The number of sulfonamides is 1. The topological polar surface area (TPSA) is 130 Å². The Kier molecular flexibility index (Phi) is 4.56. The highest BCUT2D eigenvalue weighted by molar-refractivity contribution is 8.06. The highest BCUT2D eigenvalue weighted by atomic mass is 32.3. The van der Waals surface area contributed by atoms with Gasteiger partial charge in [-0.3, -0.25) is 0 Å². The molecule has 3 N–H and O–H groups in total. The fraction of sp³-hybridized carbons (Fsp3) is 0.875. The van der Waals surface area contributed by atoms with E-state index in [0.717, 1.165) is 17.0 Å². The molecule has 0 amide bonds. The molecule has 18 heavy (non-hydrogen) atoms. The molecule has 1 saturated heterocycles. The van der Waals surface area contributed by atoms with Crippen molar-refractivity contribution in [2.75, 3.05) is 17.9 Å². The van der Waals surface area contributed by atoms with E-state index in [1.807, 2.05) is 0 Å². The third-order valence-corrected chi connectivity index (χ3v) is 6.69. The predicted octanol–water partition coefficient (Wildman–Crippen LogP) is -1.08. The standard InChI is InChI=1S/C8H17N3O5S2/c1-17(13,14)6-18(15,16)11-5-3-2-4-7(11)8(9)10-12/h7,12H,2-6H2,1H3,(H2,9,10). The van der Waals surface area contributed by atoms with E-state index in [-0.39, 0.29) is 12.4 Å². The molecule has 0 aromatic rings. The van der Waals surface area contributed by atoms with Crippen LogP contribution in [-0.2, 0) is 19.9 Å². The van der Waals surface area contributed by atoms with Gasteiger partial charge in [0.2, 0.25) is 10.0 Å². The number of piperidine rings is 1. The highest BCUT2D eigenvalue weighted by Crippen LogP contribution is 2.21. The van der Waals surface area contributed by atoms with Gasteiger partial charge in [0.15, 0.2) is 20.8 Å². The minimum Gasteiger partial charge on any atom is -0.409 e. The number of sulfone groups is 1. The van der Waals surface area contributed by atoms with Crippen LogP contribution in [0.4, 0.5) is 0 Å². The number of amidine groups is 1. The third-order valence-electron chi connectivity index (χ3n) is 2.63.